The van der Waals surface area contributed by atoms with E-state index >= 15 is 0 Å². The molecule has 0 aliphatic heterocycles. The van der Waals surface area contributed by atoms with Gasteiger partial charge < -0.3 is 9.84 Å². The van der Waals surface area contributed by atoms with Gasteiger partial charge in [-0.2, -0.15) is 5.10 Å². The second-order valence-corrected chi connectivity index (χ2v) is 2.84. The predicted octanol–water partition coefficient (Wildman–Crippen LogP) is 1.59. The molecule has 1 aromatic carbocycles. The molecule has 0 spiro atoms. The number of hydrogen-bond acceptors (Lipinski definition) is 3. The van der Waals surface area contributed by atoms with E-state index in [-0.39, 0.29) is 5.75 Å². The normalized spacial score (nSPS) is 10.1. The fourth-order valence-electron chi connectivity index (χ4n) is 1.19. The first-order chi connectivity index (χ1) is 6.79. The SMILES string of the molecule is COc1cnn(-c2cccc(O)c2)c1. The largest absolute Gasteiger partial charge is 0.508 e. The van der Waals surface area contributed by atoms with E-state index in [1.807, 2.05) is 6.07 Å². The fourth-order valence-corrected chi connectivity index (χ4v) is 1.19. The summed E-state index contributed by atoms with van der Waals surface area (Å²) in [5, 5.41) is 13.3. The highest BCUT2D eigenvalue weighted by molar-refractivity contribution is 5.38. The zero-order valence-corrected chi connectivity index (χ0v) is 7.71. The van der Waals surface area contributed by atoms with Crippen molar-refractivity contribution in [2.24, 2.45) is 0 Å². The van der Waals surface area contributed by atoms with E-state index in [9.17, 15) is 5.11 Å². The number of hydrogen-bond donors (Lipinski definition) is 1. The number of phenols is 1. The minimum Gasteiger partial charge on any atom is -0.508 e. The van der Waals surface area contributed by atoms with E-state index < -0.39 is 0 Å². The van der Waals surface area contributed by atoms with E-state index in [2.05, 4.69) is 5.10 Å². The lowest BCUT2D eigenvalue weighted by atomic mass is 10.3. The van der Waals surface area contributed by atoms with Crippen LogP contribution in [0.3, 0.4) is 0 Å². The summed E-state index contributed by atoms with van der Waals surface area (Å²) in [5.41, 5.74) is 0.799. The molecule has 4 nitrogen and oxygen atoms in total. The second-order valence-electron chi connectivity index (χ2n) is 2.84. The number of methoxy groups -OCH3 is 1. The molecule has 0 saturated carbocycles. The van der Waals surface area contributed by atoms with Gasteiger partial charge in [-0.15, -0.1) is 0 Å². The first-order valence-corrected chi connectivity index (χ1v) is 4.17. The van der Waals surface area contributed by atoms with Crippen molar-refractivity contribution in [3.8, 4) is 17.2 Å². The van der Waals surface area contributed by atoms with E-state index in [0.29, 0.717) is 5.75 Å². The fraction of sp³-hybridized carbons (Fsp3) is 0.100. The molecule has 4 heteroatoms. The summed E-state index contributed by atoms with van der Waals surface area (Å²) in [5.74, 6) is 0.908. The maximum absolute atomic E-state index is 9.27. The average molecular weight is 190 g/mol. The van der Waals surface area contributed by atoms with E-state index in [0.717, 1.165) is 5.69 Å². The molecule has 0 amide bonds. The average Bonchev–Trinajstić information content (AvgIpc) is 2.66. The molecule has 2 rings (SSSR count). The van der Waals surface area contributed by atoms with Crippen LogP contribution in [0.25, 0.3) is 5.69 Å². The summed E-state index contributed by atoms with van der Waals surface area (Å²) < 4.78 is 6.64. The lowest BCUT2D eigenvalue weighted by Crippen LogP contribution is -1.92. The van der Waals surface area contributed by atoms with Crippen molar-refractivity contribution in [1.82, 2.24) is 9.78 Å². The van der Waals surface area contributed by atoms with E-state index in [1.54, 1.807) is 42.4 Å². The summed E-state index contributed by atoms with van der Waals surface area (Å²) in [6.07, 6.45) is 3.36. The van der Waals surface area contributed by atoms with Gasteiger partial charge in [-0.05, 0) is 12.1 Å². The van der Waals surface area contributed by atoms with Gasteiger partial charge in [0.15, 0.2) is 5.75 Å². The Morgan fingerprint density at radius 1 is 1.43 bits per heavy atom. The first-order valence-electron chi connectivity index (χ1n) is 4.17. The minimum absolute atomic E-state index is 0.219. The molecule has 72 valence electrons. The Morgan fingerprint density at radius 2 is 2.29 bits per heavy atom. The minimum atomic E-state index is 0.219. The van der Waals surface area contributed by atoms with Gasteiger partial charge in [0.1, 0.15) is 5.75 Å². The van der Waals surface area contributed by atoms with Gasteiger partial charge in [0, 0.05) is 6.07 Å². The Kier molecular flexibility index (Phi) is 2.10. The number of aromatic nitrogens is 2. The zero-order valence-electron chi connectivity index (χ0n) is 7.71. The lowest BCUT2D eigenvalue weighted by Gasteiger charge is -2.00. The molecule has 2 aromatic rings. The van der Waals surface area contributed by atoms with E-state index in [4.69, 9.17) is 4.74 Å². The van der Waals surface area contributed by atoms with Crippen LogP contribution in [0.1, 0.15) is 0 Å². The number of ether oxygens (including phenoxy) is 1. The third kappa shape index (κ3) is 1.54. The molecule has 0 bridgehead atoms. The van der Waals surface area contributed by atoms with E-state index in [1.165, 1.54) is 0 Å². The van der Waals surface area contributed by atoms with Crippen molar-refractivity contribution in [2.75, 3.05) is 7.11 Å². The molecule has 1 aromatic heterocycles. The number of aromatic hydroxyl groups is 1. The summed E-state index contributed by atoms with van der Waals surface area (Å²) >= 11 is 0. The number of benzene rings is 1. The zero-order chi connectivity index (χ0) is 9.97. The van der Waals surface area contributed by atoms with Crippen molar-refractivity contribution in [3.05, 3.63) is 36.7 Å². The summed E-state index contributed by atoms with van der Waals surface area (Å²) in [4.78, 5) is 0. The molecule has 0 aliphatic rings. The summed E-state index contributed by atoms with van der Waals surface area (Å²) in [6, 6.07) is 6.86. The second kappa shape index (κ2) is 3.41. The number of nitrogens with zero attached hydrogens (tertiary/aromatic N) is 2. The highest BCUT2D eigenvalue weighted by atomic mass is 16.5. The molecule has 0 radical (unpaired) electrons. The van der Waals surface area contributed by atoms with Crippen LogP contribution in [0, 0.1) is 0 Å². The van der Waals surface area contributed by atoms with Gasteiger partial charge in [0.05, 0.1) is 25.2 Å². The van der Waals surface area contributed by atoms with Crippen molar-refractivity contribution in [3.63, 3.8) is 0 Å². The van der Waals surface area contributed by atoms with Crippen LogP contribution in [-0.2, 0) is 0 Å². The monoisotopic (exact) mass is 190 g/mol. The Balaban J connectivity index is 2.39. The van der Waals surface area contributed by atoms with Crippen LogP contribution in [0.5, 0.6) is 11.5 Å². The Bertz CT molecular complexity index is 437. The highest BCUT2D eigenvalue weighted by Crippen LogP contribution is 2.16. The summed E-state index contributed by atoms with van der Waals surface area (Å²) in [7, 11) is 1.59. The van der Waals surface area contributed by atoms with Crippen molar-refractivity contribution in [2.45, 2.75) is 0 Å². The lowest BCUT2D eigenvalue weighted by molar-refractivity contribution is 0.414. The molecule has 1 heterocycles. The van der Waals surface area contributed by atoms with Crippen LogP contribution in [-0.4, -0.2) is 22.0 Å². The molecule has 0 fully saturated rings. The standard InChI is InChI=1S/C10H10N2O2/c1-14-10-6-11-12(7-10)8-3-2-4-9(13)5-8/h2-7,13H,1H3. The van der Waals surface area contributed by atoms with Gasteiger partial charge in [-0.1, -0.05) is 6.07 Å². The quantitative estimate of drug-likeness (QED) is 0.782. The maximum Gasteiger partial charge on any atom is 0.157 e. The Hall–Kier alpha value is -1.97. The third-order valence-corrected chi connectivity index (χ3v) is 1.89. The first kappa shape index (κ1) is 8.62. The van der Waals surface area contributed by atoms with Crippen LogP contribution < -0.4 is 4.74 Å². The third-order valence-electron chi connectivity index (χ3n) is 1.89. The molecule has 1 N–H and O–H groups in total. The van der Waals surface area contributed by atoms with Crippen LogP contribution >= 0.6 is 0 Å². The van der Waals surface area contributed by atoms with Crippen molar-refractivity contribution in [1.29, 1.82) is 0 Å². The van der Waals surface area contributed by atoms with Crippen molar-refractivity contribution < 1.29 is 9.84 Å². The molecular formula is C10H10N2O2. The smallest absolute Gasteiger partial charge is 0.157 e. The van der Waals surface area contributed by atoms with Crippen molar-refractivity contribution >= 4 is 0 Å². The topological polar surface area (TPSA) is 47.3 Å². The number of phenolic OH excluding ortho intramolecular Hbond substituents is 1. The Morgan fingerprint density at radius 3 is 2.93 bits per heavy atom. The molecular weight excluding hydrogens is 180 g/mol. The molecule has 0 saturated heterocycles. The van der Waals surface area contributed by atoms with Crippen LogP contribution in [0.15, 0.2) is 36.7 Å². The van der Waals surface area contributed by atoms with Crippen LogP contribution in [0.4, 0.5) is 0 Å². The number of rotatable bonds is 2. The summed E-state index contributed by atoms with van der Waals surface area (Å²) in [6.45, 7) is 0. The van der Waals surface area contributed by atoms with Gasteiger partial charge in [-0.25, -0.2) is 4.68 Å². The van der Waals surface area contributed by atoms with Gasteiger partial charge in [0.2, 0.25) is 0 Å². The molecule has 14 heavy (non-hydrogen) atoms. The predicted molar refractivity (Wildman–Crippen MR) is 51.8 cm³/mol. The van der Waals surface area contributed by atoms with Gasteiger partial charge in [-0.3, -0.25) is 0 Å². The highest BCUT2D eigenvalue weighted by Gasteiger charge is 2.00. The Labute approximate surface area is 81.4 Å². The molecule has 0 aliphatic carbocycles. The maximum atomic E-state index is 9.27. The van der Waals surface area contributed by atoms with Crippen LogP contribution in [0.2, 0.25) is 0 Å². The van der Waals surface area contributed by atoms with Gasteiger partial charge in [0.25, 0.3) is 0 Å². The molecule has 0 unspecified atom stereocenters. The van der Waals surface area contributed by atoms with Gasteiger partial charge >= 0.3 is 0 Å². The molecule has 0 atom stereocenters.